The normalized spacial score (nSPS) is 16.0. The highest BCUT2D eigenvalue weighted by atomic mass is 16.4. The monoisotopic (exact) mass is 414 g/mol. The number of aromatic amines is 1. The van der Waals surface area contributed by atoms with Crippen molar-refractivity contribution in [3.63, 3.8) is 0 Å². The highest BCUT2D eigenvalue weighted by Gasteiger charge is 2.29. The Bertz CT molecular complexity index is 709. The van der Waals surface area contributed by atoms with Gasteiger partial charge in [0.1, 0.15) is 24.2 Å². The van der Waals surface area contributed by atoms with Crippen LogP contribution in [0, 0.1) is 0 Å². The fraction of sp³-hybridized carbons (Fsp3) is 0.562. The van der Waals surface area contributed by atoms with Gasteiger partial charge in [-0.1, -0.05) is 0 Å². The molecule has 13 nitrogen and oxygen atoms in total. The number of aliphatic hydroxyl groups is 2. The highest BCUT2D eigenvalue weighted by Crippen LogP contribution is 2.00. The molecule has 162 valence electrons. The highest BCUT2D eigenvalue weighted by molar-refractivity contribution is 5.94. The van der Waals surface area contributed by atoms with Gasteiger partial charge in [-0.15, -0.1) is 0 Å². The van der Waals surface area contributed by atoms with E-state index >= 15 is 0 Å². The van der Waals surface area contributed by atoms with Crippen molar-refractivity contribution in [3.8, 4) is 0 Å². The van der Waals surface area contributed by atoms with E-state index in [1.54, 1.807) is 0 Å². The van der Waals surface area contributed by atoms with E-state index in [2.05, 4.69) is 25.9 Å². The SMILES string of the molecule is CC(NC(=O)C(CO)NC(=O)C(N)C(C)O)C(=O)NC(Cc1cnc[nH]1)C(=O)O. The number of aliphatic carboxylic acids is 1. The van der Waals surface area contributed by atoms with Crippen molar-refractivity contribution in [3.05, 3.63) is 18.2 Å². The molecule has 13 heteroatoms. The Balaban J connectivity index is 2.65. The first-order chi connectivity index (χ1) is 13.6. The smallest absolute Gasteiger partial charge is 0.326 e. The van der Waals surface area contributed by atoms with Crippen molar-refractivity contribution in [2.75, 3.05) is 6.61 Å². The summed E-state index contributed by atoms with van der Waals surface area (Å²) in [4.78, 5) is 54.1. The summed E-state index contributed by atoms with van der Waals surface area (Å²) >= 11 is 0. The van der Waals surface area contributed by atoms with Crippen molar-refractivity contribution in [1.29, 1.82) is 0 Å². The maximum Gasteiger partial charge on any atom is 0.326 e. The molecule has 0 fully saturated rings. The molecule has 9 N–H and O–H groups in total. The molecule has 5 atom stereocenters. The Labute approximate surface area is 166 Å². The molecule has 0 aromatic carbocycles. The molecule has 1 aromatic rings. The zero-order valence-electron chi connectivity index (χ0n) is 16.0. The lowest BCUT2D eigenvalue weighted by Gasteiger charge is -2.23. The second kappa shape index (κ2) is 11.1. The van der Waals surface area contributed by atoms with Crippen molar-refractivity contribution in [1.82, 2.24) is 25.9 Å². The second-order valence-electron chi connectivity index (χ2n) is 6.42. The number of carboxylic acid groups (broad SMARTS) is 1. The Morgan fingerprint density at radius 2 is 1.72 bits per heavy atom. The van der Waals surface area contributed by atoms with E-state index in [0.29, 0.717) is 5.69 Å². The van der Waals surface area contributed by atoms with Crippen LogP contribution in [-0.2, 0) is 25.6 Å². The second-order valence-corrected chi connectivity index (χ2v) is 6.42. The van der Waals surface area contributed by atoms with Crippen LogP contribution in [0.25, 0.3) is 0 Å². The molecule has 5 unspecified atom stereocenters. The van der Waals surface area contributed by atoms with E-state index < -0.39 is 60.6 Å². The van der Waals surface area contributed by atoms with Crippen LogP contribution in [0.15, 0.2) is 12.5 Å². The number of carboxylic acids is 1. The minimum atomic E-state index is -1.41. The minimum absolute atomic E-state index is 0.0473. The first-order valence-corrected chi connectivity index (χ1v) is 8.72. The molecule has 1 rings (SSSR count). The number of hydrogen-bond acceptors (Lipinski definition) is 8. The third kappa shape index (κ3) is 7.48. The number of H-pyrrole nitrogens is 1. The largest absolute Gasteiger partial charge is 0.480 e. The zero-order chi connectivity index (χ0) is 22.1. The molecule has 0 aliphatic heterocycles. The van der Waals surface area contributed by atoms with Gasteiger partial charge < -0.3 is 42.0 Å². The van der Waals surface area contributed by atoms with Crippen LogP contribution in [0.1, 0.15) is 19.5 Å². The van der Waals surface area contributed by atoms with Crippen molar-refractivity contribution >= 4 is 23.7 Å². The molecule has 0 bridgehead atoms. The van der Waals surface area contributed by atoms with Gasteiger partial charge in [0, 0.05) is 18.3 Å². The van der Waals surface area contributed by atoms with Crippen LogP contribution >= 0.6 is 0 Å². The summed E-state index contributed by atoms with van der Waals surface area (Å²) in [6.07, 6.45) is 1.56. The lowest BCUT2D eigenvalue weighted by molar-refractivity contribution is -0.142. The number of amides is 3. The molecule has 3 amide bonds. The van der Waals surface area contributed by atoms with E-state index in [1.807, 2.05) is 0 Å². The summed E-state index contributed by atoms with van der Waals surface area (Å²) in [6, 6.07) is -5.15. The zero-order valence-corrected chi connectivity index (χ0v) is 16.0. The van der Waals surface area contributed by atoms with Crippen LogP contribution < -0.4 is 21.7 Å². The van der Waals surface area contributed by atoms with Gasteiger partial charge in [0.2, 0.25) is 17.7 Å². The van der Waals surface area contributed by atoms with E-state index in [-0.39, 0.29) is 6.42 Å². The number of carbonyl (C=O) groups excluding carboxylic acids is 3. The van der Waals surface area contributed by atoms with Gasteiger partial charge in [-0.3, -0.25) is 14.4 Å². The molecule has 0 spiro atoms. The first-order valence-electron chi connectivity index (χ1n) is 8.72. The summed E-state index contributed by atoms with van der Waals surface area (Å²) in [5.74, 6) is -3.81. The molecule has 0 aliphatic carbocycles. The third-order valence-electron chi connectivity index (χ3n) is 3.98. The number of aliphatic hydroxyl groups excluding tert-OH is 2. The molecule has 1 heterocycles. The average Bonchev–Trinajstić information content (AvgIpc) is 3.17. The van der Waals surface area contributed by atoms with E-state index in [0.717, 1.165) is 0 Å². The maximum atomic E-state index is 12.2. The summed E-state index contributed by atoms with van der Waals surface area (Å²) < 4.78 is 0. The van der Waals surface area contributed by atoms with Crippen LogP contribution in [0.2, 0.25) is 0 Å². The van der Waals surface area contributed by atoms with Crippen molar-refractivity contribution in [2.24, 2.45) is 5.73 Å². The van der Waals surface area contributed by atoms with Gasteiger partial charge in [0.05, 0.1) is 19.0 Å². The lowest BCUT2D eigenvalue weighted by atomic mass is 10.1. The van der Waals surface area contributed by atoms with Crippen LogP contribution in [0.3, 0.4) is 0 Å². The van der Waals surface area contributed by atoms with Crippen LogP contribution in [0.4, 0.5) is 0 Å². The number of nitrogens with two attached hydrogens (primary N) is 1. The lowest BCUT2D eigenvalue weighted by Crippen LogP contribution is -2.58. The van der Waals surface area contributed by atoms with Gasteiger partial charge in [-0.25, -0.2) is 9.78 Å². The van der Waals surface area contributed by atoms with Gasteiger partial charge in [-0.2, -0.15) is 0 Å². The number of nitrogens with one attached hydrogen (secondary N) is 4. The third-order valence-corrected chi connectivity index (χ3v) is 3.98. The van der Waals surface area contributed by atoms with Crippen LogP contribution in [0.5, 0.6) is 0 Å². The molecule has 0 saturated heterocycles. The minimum Gasteiger partial charge on any atom is -0.480 e. The standard InChI is InChI=1S/C16H26N6O7/c1-7(13(25)21-10(16(28)29)3-9-4-18-6-19-9)20-14(26)11(5-23)22-15(27)12(17)8(2)24/h4,6-8,10-12,23-24H,3,5,17H2,1-2H3,(H,18,19)(H,20,26)(H,21,25)(H,22,27)(H,28,29). The topological polar surface area (TPSA) is 220 Å². The number of aromatic nitrogens is 2. The molecular formula is C16H26N6O7. The summed E-state index contributed by atoms with van der Waals surface area (Å²) in [5, 5.41) is 34.6. The maximum absolute atomic E-state index is 12.2. The summed E-state index contributed by atoms with van der Waals surface area (Å²) in [6.45, 7) is 1.81. The Morgan fingerprint density at radius 1 is 1.10 bits per heavy atom. The molecule has 0 radical (unpaired) electrons. The number of nitrogens with zero attached hydrogens (tertiary/aromatic N) is 1. The molecule has 29 heavy (non-hydrogen) atoms. The summed E-state index contributed by atoms with van der Waals surface area (Å²) in [7, 11) is 0. The number of hydrogen-bond donors (Lipinski definition) is 8. The fourth-order valence-electron chi connectivity index (χ4n) is 2.17. The van der Waals surface area contributed by atoms with Crippen molar-refractivity contribution in [2.45, 2.75) is 50.5 Å². The average molecular weight is 414 g/mol. The van der Waals surface area contributed by atoms with Crippen LogP contribution in [-0.4, -0.2) is 85.9 Å². The molecule has 1 aromatic heterocycles. The molecule has 0 aliphatic rings. The van der Waals surface area contributed by atoms with Gasteiger partial charge in [0.15, 0.2) is 0 Å². The van der Waals surface area contributed by atoms with E-state index in [9.17, 15) is 34.5 Å². The molecular weight excluding hydrogens is 388 g/mol. The van der Waals surface area contributed by atoms with Gasteiger partial charge in [0.25, 0.3) is 0 Å². The predicted molar refractivity (Wildman–Crippen MR) is 98.1 cm³/mol. The van der Waals surface area contributed by atoms with Gasteiger partial charge in [-0.05, 0) is 13.8 Å². The predicted octanol–water partition coefficient (Wildman–Crippen LogP) is -3.79. The number of carbonyl (C=O) groups is 4. The van der Waals surface area contributed by atoms with E-state index in [1.165, 1.54) is 26.4 Å². The van der Waals surface area contributed by atoms with Crippen molar-refractivity contribution < 1.29 is 34.5 Å². The molecule has 0 saturated carbocycles. The van der Waals surface area contributed by atoms with Gasteiger partial charge >= 0.3 is 5.97 Å². The Kier molecular flexibility index (Phi) is 9.18. The Hall–Kier alpha value is -3.03. The fourth-order valence-corrected chi connectivity index (χ4v) is 2.17. The Morgan fingerprint density at radius 3 is 2.21 bits per heavy atom. The first kappa shape index (κ1) is 24.0. The number of rotatable bonds is 11. The quantitative estimate of drug-likeness (QED) is 0.178. The number of imidazole rings is 1. The summed E-state index contributed by atoms with van der Waals surface area (Å²) in [5.41, 5.74) is 5.94. The van der Waals surface area contributed by atoms with E-state index in [4.69, 9.17) is 5.73 Å².